The zero-order valence-electron chi connectivity index (χ0n) is 12.1. The summed E-state index contributed by atoms with van der Waals surface area (Å²) in [7, 11) is 2.34. The number of hydrogen-bond donors (Lipinski definition) is 1. The Morgan fingerprint density at radius 1 is 1.11 bits per heavy atom. The number of benzene rings is 1. The predicted octanol–water partition coefficient (Wildman–Crippen LogP) is 3.14. The lowest BCUT2D eigenvalue weighted by Crippen LogP contribution is -2.45. The molecule has 2 nitrogen and oxygen atoms in total. The summed E-state index contributed by atoms with van der Waals surface area (Å²) in [4.78, 5) is 2.65. The molecule has 0 aromatic heterocycles. The van der Waals surface area contributed by atoms with Crippen LogP contribution in [-0.2, 0) is 6.42 Å². The second-order valence-electron chi connectivity index (χ2n) is 6.13. The third kappa shape index (κ3) is 2.85. The molecule has 2 aliphatic rings. The molecular formula is C17H26N2. The Hall–Kier alpha value is -0.860. The molecule has 1 aliphatic heterocycles. The van der Waals surface area contributed by atoms with E-state index in [0.29, 0.717) is 12.1 Å². The number of nitrogens with zero attached hydrogens (tertiary/aromatic N) is 1. The summed E-state index contributed by atoms with van der Waals surface area (Å²) in [6.45, 7) is 2.36. The van der Waals surface area contributed by atoms with Gasteiger partial charge in [0.1, 0.15) is 0 Å². The molecule has 0 bridgehead atoms. The minimum absolute atomic E-state index is 0.628. The molecule has 0 amide bonds. The Balaban J connectivity index is 1.82. The van der Waals surface area contributed by atoms with Crippen LogP contribution in [0.3, 0.4) is 0 Å². The van der Waals surface area contributed by atoms with Crippen molar-refractivity contribution >= 4 is 0 Å². The van der Waals surface area contributed by atoms with Crippen molar-refractivity contribution in [2.45, 2.75) is 50.6 Å². The normalized spacial score (nSPS) is 27.9. The molecule has 2 unspecified atom stereocenters. The van der Waals surface area contributed by atoms with Gasteiger partial charge < -0.3 is 5.32 Å². The molecule has 19 heavy (non-hydrogen) atoms. The van der Waals surface area contributed by atoms with Crippen LogP contribution in [0, 0.1) is 0 Å². The highest BCUT2D eigenvalue weighted by molar-refractivity contribution is 5.31. The van der Waals surface area contributed by atoms with E-state index in [0.717, 1.165) is 6.54 Å². The van der Waals surface area contributed by atoms with Crippen LogP contribution in [0.25, 0.3) is 0 Å². The van der Waals surface area contributed by atoms with Gasteiger partial charge in [-0.2, -0.15) is 0 Å². The average Bonchev–Trinajstić information content (AvgIpc) is 2.70. The van der Waals surface area contributed by atoms with Crippen molar-refractivity contribution in [2.75, 3.05) is 20.1 Å². The minimum Gasteiger partial charge on any atom is -0.315 e. The van der Waals surface area contributed by atoms with Crippen molar-refractivity contribution < 1.29 is 0 Å². The van der Waals surface area contributed by atoms with Gasteiger partial charge in [-0.05, 0) is 56.8 Å². The van der Waals surface area contributed by atoms with Crippen molar-refractivity contribution in [3.63, 3.8) is 0 Å². The van der Waals surface area contributed by atoms with Gasteiger partial charge in [-0.1, -0.05) is 30.7 Å². The number of nitrogens with one attached hydrogen (secondary N) is 1. The van der Waals surface area contributed by atoms with Crippen LogP contribution in [-0.4, -0.2) is 31.1 Å². The third-order valence-electron chi connectivity index (χ3n) is 4.93. The van der Waals surface area contributed by atoms with Crippen molar-refractivity contribution in [3.8, 4) is 0 Å². The quantitative estimate of drug-likeness (QED) is 0.820. The highest BCUT2D eigenvalue weighted by Gasteiger charge is 2.27. The summed E-state index contributed by atoms with van der Waals surface area (Å²) in [6.07, 6.45) is 7.98. The molecule has 3 rings (SSSR count). The van der Waals surface area contributed by atoms with Gasteiger partial charge in [-0.15, -0.1) is 0 Å². The van der Waals surface area contributed by atoms with E-state index < -0.39 is 0 Å². The Labute approximate surface area is 117 Å². The van der Waals surface area contributed by atoms with E-state index in [-0.39, 0.29) is 0 Å². The molecule has 1 saturated heterocycles. The maximum atomic E-state index is 3.55. The van der Waals surface area contributed by atoms with E-state index in [1.807, 2.05) is 0 Å². The van der Waals surface area contributed by atoms with Crippen LogP contribution in [0.15, 0.2) is 24.3 Å². The van der Waals surface area contributed by atoms with Crippen LogP contribution >= 0.6 is 0 Å². The molecule has 1 heterocycles. The lowest BCUT2D eigenvalue weighted by molar-refractivity contribution is 0.139. The molecule has 1 fully saturated rings. The molecule has 0 saturated carbocycles. The van der Waals surface area contributed by atoms with Crippen molar-refractivity contribution in [3.05, 3.63) is 35.4 Å². The molecule has 1 aromatic rings. The SMILES string of the molecule is CN(C1CCCNC1)C1CCCCc2ccccc21. The fourth-order valence-electron chi connectivity index (χ4n) is 3.75. The second-order valence-corrected chi connectivity index (χ2v) is 6.13. The van der Waals surface area contributed by atoms with E-state index in [9.17, 15) is 0 Å². The van der Waals surface area contributed by atoms with Gasteiger partial charge in [0.15, 0.2) is 0 Å². The Bertz CT molecular complexity index is 409. The number of fused-ring (bicyclic) bond motifs is 1. The monoisotopic (exact) mass is 258 g/mol. The van der Waals surface area contributed by atoms with E-state index in [2.05, 4.69) is 41.5 Å². The smallest absolute Gasteiger partial charge is 0.0351 e. The van der Waals surface area contributed by atoms with Gasteiger partial charge in [0.05, 0.1) is 0 Å². The van der Waals surface area contributed by atoms with Crippen molar-refractivity contribution in [2.24, 2.45) is 0 Å². The Kier molecular flexibility index (Phi) is 4.19. The highest BCUT2D eigenvalue weighted by atomic mass is 15.2. The summed E-state index contributed by atoms with van der Waals surface area (Å²) >= 11 is 0. The standard InChI is InChI=1S/C17H26N2/c1-19(15-9-6-12-18-13-15)17-11-5-3-8-14-7-2-4-10-16(14)17/h2,4,7,10,15,17-18H,3,5-6,8-9,11-13H2,1H3. The molecule has 104 valence electrons. The third-order valence-corrected chi connectivity index (χ3v) is 4.93. The first-order valence-corrected chi connectivity index (χ1v) is 7.87. The fourth-order valence-corrected chi connectivity index (χ4v) is 3.75. The first kappa shape index (κ1) is 13.1. The van der Waals surface area contributed by atoms with E-state index in [1.165, 1.54) is 45.1 Å². The van der Waals surface area contributed by atoms with Crippen LogP contribution in [0.4, 0.5) is 0 Å². The number of piperidine rings is 1. The first-order valence-electron chi connectivity index (χ1n) is 7.87. The summed E-state index contributed by atoms with van der Waals surface area (Å²) in [5.41, 5.74) is 3.17. The zero-order valence-corrected chi connectivity index (χ0v) is 12.1. The number of likely N-dealkylation sites (N-methyl/N-ethyl adjacent to an activating group) is 1. The number of aryl methyl sites for hydroxylation is 1. The maximum absolute atomic E-state index is 3.55. The first-order chi connectivity index (χ1) is 9.36. The van der Waals surface area contributed by atoms with E-state index in [1.54, 1.807) is 11.1 Å². The average molecular weight is 258 g/mol. The molecule has 2 atom stereocenters. The molecule has 1 N–H and O–H groups in total. The van der Waals surface area contributed by atoms with Crippen LogP contribution in [0.1, 0.15) is 49.3 Å². The van der Waals surface area contributed by atoms with Crippen LogP contribution in [0.2, 0.25) is 0 Å². The summed E-state index contributed by atoms with van der Waals surface area (Å²) < 4.78 is 0. The molecule has 1 aliphatic carbocycles. The van der Waals surface area contributed by atoms with Gasteiger partial charge in [-0.3, -0.25) is 4.90 Å². The Morgan fingerprint density at radius 2 is 2.00 bits per heavy atom. The molecular weight excluding hydrogens is 232 g/mol. The summed E-state index contributed by atoms with van der Waals surface area (Å²) in [5, 5.41) is 3.55. The largest absolute Gasteiger partial charge is 0.315 e. The molecule has 1 aromatic carbocycles. The fraction of sp³-hybridized carbons (Fsp3) is 0.647. The van der Waals surface area contributed by atoms with Gasteiger partial charge >= 0.3 is 0 Å². The van der Waals surface area contributed by atoms with Gasteiger partial charge in [0.2, 0.25) is 0 Å². The van der Waals surface area contributed by atoms with Crippen molar-refractivity contribution in [1.82, 2.24) is 10.2 Å². The van der Waals surface area contributed by atoms with Gasteiger partial charge in [0, 0.05) is 18.6 Å². The van der Waals surface area contributed by atoms with Gasteiger partial charge in [-0.25, -0.2) is 0 Å². The Morgan fingerprint density at radius 3 is 2.84 bits per heavy atom. The number of rotatable bonds is 2. The lowest BCUT2D eigenvalue weighted by Gasteiger charge is -2.38. The lowest BCUT2D eigenvalue weighted by atomic mass is 9.95. The molecule has 0 radical (unpaired) electrons. The van der Waals surface area contributed by atoms with E-state index >= 15 is 0 Å². The van der Waals surface area contributed by atoms with Gasteiger partial charge in [0.25, 0.3) is 0 Å². The topological polar surface area (TPSA) is 15.3 Å². The van der Waals surface area contributed by atoms with Crippen LogP contribution < -0.4 is 5.32 Å². The summed E-state index contributed by atoms with van der Waals surface area (Å²) in [5.74, 6) is 0. The minimum atomic E-state index is 0.628. The molecule has 0 spiro atoms. The highest BCUT2D eigenvalue weighted by Crippen LogP contribution is 2.34. The van der Waals surface area contributed by atoms with E-state index in [4.69, 9.17) is 0 Å². The second kappa shape index (κ2) is 6.06. The molecule has 2 heteroatoms. The summed E-state index contributed by atoms with van der Waals surface area (Å²) in [6, 6.07) is 10.4. The number of hydrogen-bond acceptors (Lipinski definition) is 2. The van der Waals surface area contributed by atoms with Crippen LogP contribution in [0.5, 0.6) is 0 Å². The van der Waals surface area contributed by atoms with Crippen molar-refractivity contribution in [1.29, 1.82) is 0 Å². The zero-order chi connectivity index (χ0) is 13.1. The predicted molar refractivity (Wildman–Crippen MR) is 80.4 cm³/mol. The maximum Gasteiger partial charge on any atom is 0.0351 e.